The molecule has 0 aromatic heterocycles. The van der Waals surface area contributed by atoms with Gasteiger partial charge in [-0.25, -0.2) is 4.79 Å². The van der Waals surface area contributed by atoms with E-state index in [0.29, 0.717) is 6.42 Å². The third-order valence-electron chi connectivity index (χ3n) is 3.79. The number of carbonyl (C=O) groups is 1. The molecule has 1 aliphatic rings. The Bertz CT molecular complexity index is 430. The van der Waals surface area contributed by atoms with E-state index in [-0.39, 0.29) is 5.92 Å². The molecule has 0 aliphatic carbocycles. The highest BCUT2D eigenvalue weighted by Gasteiger charge is 2.45. The second-order valence-electron chi connectivity index (χ2n) is 5.12. The van der Waals surface area contributed by atoms with Crippen LogP contribution in [-0.4, -0.2) is 29.7 Å². The smallest absolute Gasteiger partial charge is 0.329 e. The van der Waals surface area contributed by atoms with Crippen molar-refractivity contribution >= 4 is 11.7 Å². The third-order valence-corrected chi connectivity index (χ3v) is 3.79. The molecule has 0 amide bonds. The number of nitrogens with one attached hydrogen (secondary N) is 2. The number of carboxylic acids is 1. The molecule has 18 heavy (non-hydrogen) atoms. The predicted octanol–water partition coefficient (Wildman–Crippen LogP) is 1.86. The topological polar surface area (TPSA) is 61.4 Å². The van der Waals surface area contributed by atoms with E-state index in [4.69, 9.17) is 0 Å². The van der Waals surface area contributed by atoms with E-state index in [0.717, 1.165) is 18.8 Å². The number of carboxylic acid groups (broad SMARTS) is 1. The van der Waals surface area contributed by atoms with Gasteiger partial charge in [-0.1, -0.05) is 24.6 Å². The normalized spacial score (nSPS) is 27.8. The lowest BCUT2D eigenvalue weighted by atomic mass is 9.79. The SMILES string of the molecule is Cc1ccc(NC2(C(=O)O)CCNCC2C)cc1. The summed E-state index contributed by atoms with van der Waals surface area (Å²) in [5.41, 5.74) is 1.18. The highest BCUT2D eigenvalue weighted by atomic mass is 16.4. The van der Waals surface area contributed by atoms with Crippen LogP contribution in [0.2, 0.25) is 0 Å². The lowest BCUT2D eigenvalue weighted by molar-refractivity contribution is -0.145. The summed E-state index contributed by atoms with van der Waals surface area (Å²) in [4.78, 5) is 11.7. The summed E-state index contributed by atoms with van der Waals surface area (Å²) in [7, 11) is 0. The summed E-state index contributed by atoms with van der Waals surface area (Å²) in [6.07, 6.45) is 0.595. The number of anilines is 1. The lowest BCUT2D eigenvalue weighted by Gasteiger charge is -2.40. The average Bonchev–Trinajstić information content (AvgIpc) is 2.35. The van der Waals surface area contributed by atoms with Crippen molar-refractivity contribution in [2.75, 3.05) is 18.4 Å². The number of piperidine rings is 1. The Morgan fingerprint density at radius 1 is 1.44 bits per heavy atom. The van der Waals surface area contributed by atoms with Crippen LogP contribution in [0, 0.1) is 12.8 Å². The molecule has 4 heteroatoms. The van der Waals surface area contributed by atoms with Crippen molar-refractivity contribution in [2.24, 2.45) is 5.92 Å². The number of hydrogen-bond donors (Lipinski definition) is 3. The fourth-order valence-electron chi connectivity index (χ4n) is 2.48. The molecule has 0 radical (unpaired) electrons. The quantitative estimate of drug-likeness (QED) is 0.764. The second-order valence-corrected chi connectivity index (χ2v) is 5.12. The van der Waals surface area contributed by atoms with Gasteiger partial charge < -0.3 is 15.7 Å². The fraction of sp³-hybridized carbons (Fsp3) is 0.500. The molecule has 2 rings (SSSR count). The Balaban J connectivity index is 2.25. The van der Waals surface area contributed by atoms with Gasteiger partial charge in [-0.15, -0.1) is 0 Å². The zero-order valence-electron chi connectivity index (χ0n) is 10.9. The van der Waals surface area contributed by atoms with E-state index in [1.165, 1.54) is 5.56 Å². The lowest BCUT2D eigenvalue weighted by Crippen LogP contribution is -2.59. The molecular weight excluding hydrogens is 228 g/mol. The van der Waals surface area contributed by atoms with Gasteiger partial charge in [-0.3, -0.25) is 0 Å². The second kappa shape index (κ2) is 4.98. The van der Waals surface area contributed by atoms with Crippen LogP contribution in [0.1, 0.15) is 18.9 Å². The van der Waals surface area contributed by atoms with Gasteiger partial charge in [0, 0.05) is 18.2 Å². The Morgan fingerprint density at radius 3 is 2.67 bits per heavy atom. The van der Waals surface area contributed by atoms with Gasteiger partial charge in [0.25, 0.3) is 0 Å². The van der Waals surface area contributed by atoms with Crippen LogP contribution in [-0.2, 0) is 4.79 Å². The Hall–Kier alpha value is -1.55. The van der Waals surface area contributed by atoms with Gasteiger partial charge in [0.1, 0.15) is 5.54 Å². The molecule has 1 fully saturated rings. The maximum atomic E-state index is 11.7. The van der Waals surface area contributed by atoms with Crippen molar-refractivity contribution in [1.82, 2.24) is 5.32 Å². The van der Waals surface area contributed by atoms with Crippen molar-refractivity contribution in [3.05, 3.63) is 29.8 Å². The van der Waals surface area contributed by atoms with E-state index >= 15 is 0 Å². The zero-order valence-corrected chi connectivity index (χ0v) is 10.9. The van der Waals surface area contributed by atoms with Gasteiger partial charge in [0.05, 0.1) is 0 Å². The van der Waals surface area contributed by atoms with Crippen molar-refractivity contribution in [1.29, 1.82) is 0 Å². The monoisotopic (exact) mass is 248 g/mol. The number of rotatable bonds is 3. The molecule has 0 spiro atoms. The van der Waals surface area contributed by atoms with E-state index in [1.807, 2.05) is 38.1 Å². The summed E-state index contributed by atoms with van der Waals surface area (Å²) < 4.78 is 0. The number of benzene rings is 1. The van der Waals surface area contributed by atoms with Crippen molar-refractivity contribution < 1.29 is 9.90 Å². The van der Waals surface area contributed by atoms with E-state index in [2.05, 4.69) is 10.6 Å². The molecule has 0 saturated carbocycles. The van der Waals surface area contributed by atoms with Gasteiger partial charge in [0.2, 0.25) is 0 Å². The zero-order chi connectivity index (χ0) is 13.2. The summed E-state index contributed by atoms with van der Waals surface area (Å²) in [5.74, 6) is -0.720. The van der Waals surface area contributed by atoms with Crippen LogP contribution >= 0.6 is 0 Å². The molecule has 1 aliphatic heterocycles. The minimum Gasteiger partial charge on any atom is -0.479 e. The largest absolute Gasteiger partial charge is 0.479 e. The molecular formula is C14H20N2O2. The molecule has 0 bridgehead atoms. The molecule has 3 N–H and O–H groups in total. The van der Waals surface area contributed by atoms with E-state index in [1.54, 1.807) is 0 Å². The van der Waals surface area contributed by atoms with Gasteiger partial charge >= 0.3 is 5.97 Å². The third kappa shape index (κ3) is 2.34. The number of aliphatic carboxylic acids is 1. The number of aryl methyl sites for hydroxylation is 1. The van der Waals surface area contributed by atoms with Crippen LogP contribution in [0.25, 0.3) is 0 Å². The van der Waals surface area contributed by atoms with Crippen LogP contribution in [0.5, 0.6) is 0 Å². The number of hydrogen-bond acceptors (Lipinski definition) is 3. The van der Waals surface area contributed by atoms with Gasteiger partial charge in [-0.2, -0.15) is 0 Å². The molecule has 1 saturated heterocycles. The Labute approximate surface area is 107 Å². The summed E-state index contributed by atoms with van der Waals surface area (Å²) >= 11 is 0. The molecule has 98 valence electrons. The molecule has 2 unspecified atom stereocenters. The van der Waals surface area contributed by atoms with Crippen LogP contribution < -0.4 is 10.6 Å². The minimum atomic E-state index is -0.861. The van der Waals surface area contributed by atoms with Crippen LogP contribution in [0.4, 0.5) is 5.69 Å². The van der Waals surface area contributed by atoms with Crippen molar-refractivity contribution in [3.8, 4) is 0 Å². The molecule has 2 atom stereocenters. The van der Waals surface area contributed by atoms with Gasteiger partial charge in [0.15, 0.2) is 0 Å². The highest BCUT2D eigenvalue weighted by molar-refractivity contribution is 5.83. The maximum absolute atomic E-state index is 11.7. The summed E-state index contributed by atoms with van der Waals surface area (Å²) in [6.45, 7) is 5.45. The summed E-state index contributed by atoms with van der Waals surface area (Å²) in [5, 5.41) is 16.1. The average molecular weight is 248 g/mol. The first-order chi connectivity index (χ1) is 8.54. The standard InChI is InChI=1S/C14H20N2O2/c1-10-3-5-12(6-4-10)16-14(13(17)18)7-8-15-9-11(14)2/h3-6,11,15-16H,7-9H2,1-2H3,(H,17,18). The van der Waals surface area contributed by atoms with Crippen LogP contribution in [0.15, 0.2) is 24.3 Å². The Kier molecular flexibility index (Phi) is 3.57. The molecule has 4 nitrogen and oxygen atoms in total. The van der Waals surface area contributed by atoms with Gasteiger partial charge in [-0.05, 0) is 32.0 Å². The predicted molar refractivity (Wildman–Crippen MR) is 71.8 cm³/mol. The Morgan fingerprint density at radius 2 is 2.11 bits per heavy atom. The summed E-state index contributed by atoms with van der Waals surface area (Å²) in [6, 6.07) is 7.86. The highest BCUT2D eigenvalue weighted by Crippen LogP contribution is 2.29. The van der Waals surface area contributed by atoms with Crippen molar-refractivity contribution in [2.45, 2.75) is 25.8 Å². The molecule has 1 aromatic carbocycles. The first-order valence-electron chi connectivity index (χ1n) is 6.33. The first kappa shape index (κ1) is 12.9. The van der Waals surface area contributed by atoms with Crippen LogP contribution in [0.3, 0.4) is 0 Å². The van der Waals surface area contributed by atoms with E-state index in [9.17, 15) is 9.90 Å². The maximum Gasteiger partial charge on any atom is 0.329 e. The molecule has 1 aromatic rings. The molecule has 1 heterocycles. The minimum absolute atomic E-state index is 0.0463. The van der Waals surface area contributed by atoms with E-state index < -0.39 is 11.5 Å². The fourth-order valence-corrected chi connectivity index (χ4v) is 2.48. The first-order valence-corrected chi connectivity index (χ1v) is 6.33. The van der Waals surface area contributed by atoms with Crippen molar-refractivity contribution in [3.63, 3.8) is 0 Å².